The lowest BCUT2D eigenvalue weighted by atomic mass is 9.89. The second-order valence-electron chi connectivity index (χ2n) is 9.82. The zero-order valence-electron chi connectivity index (χ0n) is 17.6. The number of rotatable bonds is 5. The number of carbonyl (C=O) groups is 2. The molecule has 164 valence electrons. The number of nitrogens with zero attached hydrogens (tertiary/aromatic N) is 2. The fourth-order valence-electron chi connectivity index (χ4n) is 5.70. The summed E-state index contributed by atoms with van der Waals surface area (Å²) in [6.45, 7) is 3.10. The van der Waals surface area contributed by atoms with Gasteiger partial charge in [-0.25, -0.2) is 0 Å². The lowest BCUT2D eigenvalue weighted by Gasteiger charge is -2.35. The van der Waals surface area contributed by atoms with Crippen LogP contribution in [0, 0.1) is 23.2 Å². The Labute approximate surface area is 181 Å². The smallest absolute Gasteiger partial charge is 0.287 e. The molecule has 0 radical (unpaired) electrons. The van der Waals surface area contributed by atoms with Crippen molar-refractivity contribution in [3.63, 3.8) is 0 Å². The molecule has 3 N–H and O–H groups in total. The molecule has 3 unspecified atom stereocenters. The Morgan fingerprint density at radius 1 is 1.29 bits per heavy atom. The lowest BCUT2D eigenvalue weighted by Crippen LogP contribution is -2.47. The van der Waals surface area contributed by atoms with E-state index in [1.807, 2.05) is 6.07 Å². The first-order chi connectivity index (χ1) is 15.1. The van der Waals surface area contributed by atoms with E-state index in [-0.39, 0.29) is 11.8 Å². The minimum atomic E-state index is -0.168. The summed E-state index contributed by atoms with van der Waals surface area (Å²) in [7, 11) is 0. The summed E-state index contributed by atoms with van der Waals surface area (Å²) in [4.78, 5) is 31.7. The van der Waals surface area contributed by atoms with Crippen molar-refractivity contribution < 1.29 is 14.0 Å². The van der Waals surface area contributed by atoms with Crippen molar-refractivity contribution in [1.82, 2.24) is 26.1 Å². The summed E-state index contributed by atoms with van der Waals surface area (Å²) in [6, 6.07) is 3.91. The van der Waals surface area contributed by atoms with Crippen molar-refractivity contribution in [1.29, 1.82) is 0 Å². The molecule has 2 amide bonds. The number of hydrogen-bond donors (Lipinski definition) is 3. The first kappa shape index (κ1) is 19.3. The summed E-state index contributed by atoms with van der Waals surface area (Å²) in [5.41, 5.74) is 7.45. The average molecular weight is 424 g/mol. The Morgan fingerprint density at radius 2 is 2.13 bits per heavy atom. The highest BCUT2D eigenvalue weighted by Crippen LogP contribution is 2.59. The van der Waals surface area contributed by atoms with E-state index in [0.29, 0.717) is 47.1 Å². The van der Waals surface area contributed by atoms with Crippen molar-refractivity contribution >= 4 is 22.8 Å². The first-order valence-electron chi connectivity index (χ1n) is 11.5. The monoisotopic (exact) mass is 423 g/mol. The second-order valence-corrected chi connectivity index (χ2v) is 9.82. The van der Waals surface area contributed by atoms with Crippen molar-refractivity contribution in [2.75, 3.05) is 26.2 Å². The molecule has 2 aliphatic carbocycles. The molecule has 4 fully saturated rings. The number of nitrogens with one attached hydrogen (secondary N) is 3. The van der Waals surface area contributed by atoms with Gasteiger partial charge >= 0.3 is 0 Å². The molecule has 3 atom stereocenters. The molecule has 4 aliphatic rings. The van der Waals surface area contributed by atoms with Crippen LogP contribution in [0.4, 0.5) is 0 Å². The molecule has 1 spiro atoms. The molecule has 2 saturated heterocycles. The molecule has 6 rings (SSSR count). The summed E-state index contributed by atoms with van der Waals surface area (Å²) < 4.78 is 5.61. The summed E-state index contributed by atoms with van der Waals surface area (Å²) >= 11 is 0. The Kier molecular flexibility index (Phi) is 4.54. The fourth-order valence-corrected chi connectivity index (χ4v) is 5.70. The fraction of sp³-hybridized carbons (Fsp3) is 0.609. The third-order valence-electron chi connectivity index (χ3n) is 7.96. The van der Waals surface area contributed by atoms with Crippen LogP contribution in [0.5, 0.6) is 0 Å². The van der Waals surface area contributed by atoms with Crippen LogP contribution in [0.15, 0.2) is 28.9 Å². The van der Waals surface area contributed by atoms with Crippen LogP contribution in [0.25, 0.3) is 11.0 Å². The van der Waals surface area contributed by atoms with Gasteiger partial charge < -0.3 is 14.6 Å². The van der Waals surface area contributed by atoms with Crippen molar-refractivity contribution in [3.05, 3.63) is 30.3 Å². The van der Waals surface area contributed by atoms with Gasteiger partial charge in [-0.2, -0.15) is 0 Å². The Hall–Kier alpha value is -2.45. The van der Waals surface area contributed by atoms with Gasteiger partial charge in [0.2, 0.25) is 5.91 Å². The number of carbonyl (C=O) groups excluding carboxylic acids is 2. The molecule has 2 aromatic rings. The maximum atomic E-state index is 13.1. The van der Waals surface area contributed by atoms with Gasteiger partial charge in [0, 0.05) is 43.8 Å². The minimum Gasteiger partial charge on any atom is -0.449 e. The predicted molar refractivity (Wildman–Crippen MR) is 114 cm³/mol. The van der Waals surface area contributed by atoms with Crippen LogP contribution >= 0.6 is 0 Å². The maximum absolute atomic E-state index is 13.1. The van der Waals surface area contributed by atoms with Crippen LogP contribution in [-0.4, -0.2) is 53.9 Å². The molecule has 8 heteroatoms. The summed E-state index contributed by atoms with van der Waals surface area (Å²) in [6.07, 6.45) is 9.01. The van der Waals surface area contributed by atoms with Gasteiger partial charge in [0.15, 0.2) is 11.3 Å². The van der Waals surface area contributed by atoms with E-state index >= 15 is 0 Å². The van der Waals surface area contributed by atoms with Gasteiger partial charge in [0.1, 0.15) is 0 Å². The lowest BCUT2D eigenvalue weighted by molar-refractivity contribution is -0.137. The van der Waals surface area contributed by atoms with Crippen LogP contribution in [0.2, 0.25) is 0 Å². The van der Waals surface area contributed by atoms with Crippen molar-refractivity contribution in [3.8, 4) is 0 Å². The number of aromatic nitrogens is 1. The minimum absolute atomic E-state index is 0.0786. The quantitative estimate of drug-likeness (QED) is 0.677. The van der Waals surface area contributed by atoms with Crippen molar-refractivity contribution in [2.24, 2.45) is 23.2 Å². The highest BCUT2D eigenvalue weighted by atomic mass is 16.3. The number of amides is 2. The molecule has 0 aromatic carbocycles. The van der Waals surface area contributed by atoms with Gasteiger partial charge in [-0.15, -0.1) is 0 Å². The largest absolute Gasteiger partial charge is 0.449 e. The normalized spacial score (nSPS) is 29.4. The standard InChI is InChI=1S/C23H29N5O3/c29-21(18-9-15-3-6-24-13-19(15)31-18)25-11-16-10-23(16)4-7-28(8-5-23)22(30)17-12-26-27-20(17)14-1-2-14/h3,6,9,13-14,16-17,20,26-27H,1-2,4-5,7-8,10-12H2,(H,25,29). The zero-order valence-corrected chi connectivity index (χ0v) is 17.6. The van der Waals surface area contributed by atoms with E-state index < -0.39 is 0 Å². The molecule has 31 heavy (non-hydrogen) atoms. The molecular weight excluding hydrogens is 394 g/mol. The first-order valence-corrected chi connectivity index (χ1v) is 11.5. The van der Waals surface area contributed by atoms with Gasteiger partial charge in [0.05, 0.1) is 12.1 Å². The maximum Gasteiger partial charge on any atom is 0.287 e. The number of furan rings is 1. The van der Waals surface area contributed by atoms with Gasteiger partial charge in [-0.3, -0.25) is 25.4 Å². The third kappa shape index (κ3) is 3.51. The third-order valence-corrected chi connectivity index (χ3v) is 7.96. The Bertz CT molecular complexity index is 975. The van der Waals surface area contributed by atoms with Crippen LogP contribution in [0.1, 0.15) is 42.7 Å². The second kappa shape index (κ2) is 7.31. The van der Waals surface area contributed by atoms with Crippen LogP contribution in [0.3, 0.4) is 0 Å². The van der Waals surface area contributed by atoms with Gasteiger partial charge in [-0.05, 0) is 61.5 Å². The van der Waals surface area contributed by atoms with E-state index in [1.165, 1.54) is 12.8 Å². The van der Waals surface area contributed by atoms with Crippen LogP contribution in [-0.2, 0) is 4.79 Å². The zero-order chi connectivity index (χ0) is 21.0. The Morgan fingerprint density at radius 3 is 2.90 bits per heavy atom. The molecule has 2 aliphatic heterocycles. The molecule has 4 heterocycles. The van der Waals surface area contributed by atoms with Gasteiger partial charge in [-0.1, -0.05) is 0 Å². The number of pyridine rings is 1. The molecule has 8 nitrogen and oxygen atoms in total. The summed E-state index contributed by atoms with van der Waals surface area (Å²) in [5, 5.41) is 3.93. The highest BCUT2D eigenvalue weighted by molar-refractivity contribution is 5.95. The van der Waals surface area contributed by atoms with Crippen LogP contribution < -0.4 is 16.2 Å². The topological polar surface area (TPSA) is 99.5 Å². The number of fused-ring (bicyclic) bond motifs is 1. The van der Waals surface area contributed by atoms with Crippen molar-refractivity contribution in [2.45, 2.75) is 38.1 Å². The van der Waals surface area contributed by atoms with E-state index in [1.54, 1.807) is 18.5 Å². The number of likely N-dealkylation sites (tertiary alicyclic amines) is 1. The highest BCUT2D eigenvalue weighted by Gasteiger charge is 2.55. The van der Waals surface area contributed by atoms with E-state index in [9.17, 15) is 9.59 Å². The van der Waals surface area contributed by atoms with Gasteiger partial charge in [0.25, 0.3) is 5.91 Å². The van der Waals surface area contributed by atoms with E-state index in [2.05, 4.69) is 26.1 Å². The molecule has 0 bridgehead atoms. The molecular formula is C23H29N5O3. The summed E-state index contributed by atoms with van der Waals surface area (Å²) in [5.74, 6) is 1.72. The molecule has 2 saturated carbocycles. The molecule has 2 aromatic heterocycles. The predicted octanol–water partition coefficient (Wildman–Crippen LogP) is 1.69. The number of hydrogen-bond acceptors (Lipinski definition) is 6. The number of hydrazine groups is 1. The average Bonchev–Trinajstić information content (AvgIpc) is 3.64. The SMILES string of the molecule is O=C(NCC1CC12CCN(C(=O)C1CNNC1C1CC1)CC2)c1cc2ccncc2o1. The van der Waals surface area contributed by atoms with E-state index in [0.717, 1.165) is 44.3 Å². The Balaban J connectivity index is 1.00. The van der Waals surface area contributed by atoms with E-state index in [4.69, 9.17) is 4.42 Å². The number of piperidine rings is 1.